The van der Waals surface area contributed by atoms with Gasteiger partial charge in [0.05, 0.1) is 6.61 Å². The van der Waals surface area contributed by atoms with Crippen LogP contribution < -0.4 is 0 Å². The number of nitrogens with zero attached hydrogens (tertiary/aromatic N) is 1. The molecule has 0 aliphatic carbocycles. The zero-order chi connectivity index (χ0) is 13.0. The topological polar surface area (TPSA) is 92.9 Å². The number of esters is 1. The first-order valence-electron chi connectivity index (χ1n) is 5.00. The molecule has 0 aromatic heterocycles. The second-order valence-corrected chi connectivity index (χ2v) is 3.25. The smallest absolute Gasteiger partial charge is 0.411 e. The molecule has 0 aromatic rings. The molecule has 1 N–H and O–H groups in total. The Balaban J connectivity index is 2.64. The summed E-state index contributed by atoms with van der Waals surface area (Å²) in [6.45, 7) is 5.02. The van der Waals surface area contributed by atoms with Gasteiger partial charge in [-0.15, -0.1) is 0 Å². The van der Waals surface area contributed by atoms with Crippen LogP contribution in [0.4, 0.5) is 4.79 Å². The third kappa shape index (κ3) is 2.74. The number of carboxylic acid groups (broad SMARTS) is 1. The van der Waals surface area contributed by atoms with Crippen molar-refractivity contribution in [2.24, 2.45) is 0 Å². The molecule has 0 aromatic carbocycles. The zero-order valence-electron chi connectivity index (χ0n) is 9.29. The first kappa shape index (κ1) is 13.0. The summed E-state index contributed by atoms with van der Waals surface area (Å²) in [4.78, 5) is 34.4. The predicted octanol–water partition coefficient (Wildman–Crippen LogP) is 0.00950. The monoisotopic (exact) mass is 243 g/mol. The van der Waals surface area contributed by atoms with Crippen molar-refractivity contribution < 1.29 is 29.0 Å². The lowest BCUT2D eigenvalue weighted by atomic mass is 10.3. The second-order valence-electron chi connectivity index (χ2n) is 3.25. The molecular weight excluding hydrogens is 230 g/mol. The van der Waals surface area contributed by atoms with E-state index in [1.807, 2.05) is 0 Å². The van der Waals surface area contributed by atoms with Crippen LogP contribution in [0, 0.1) is 0 Å². The van der Waals surface area contributed by atoms with Gasteiger partial charge < -0.3 is 14.6 Å². The minimum atomic E-state index is -1.27. The second kappa shape index (κ2) is 5.33. The molecule has 0 bridgehead atoms. The van der Waals surface area contributed by atoms with E-state index >= 15 is 0 Å². The lowest BCUT2D eigenvalue weighted by molar-refractivity contribution is -0.145. The highest BCUT2D eigenvalue weighted by Crippen LogP contribution is 2.30. The largest absolute Gasteiger partial charge is 0.480 e. The highest BCUT2D eigenvalue weighted by atomic mass is 16.6. The molecule has 1 fully saturated rings. The van der Waals surface area contributed by atoms with Gasteiger partial charge in [0.1, 0.15) is 6.61 Å². The Hall–Kier alpha value is -2.05. The van der Waals surface area contributed by atoms with Crippen LogP contribution in [-0.4, -0.2) is 53.3 Å². The predicted molar refractivity (Wildman–Crippen MR) is 55.2 cm³/mol. The van der Waals surface area contributed by atoms with Crippen molar-refractivity contribution in [3.63, 3.8) is 0 Å². The Kier molecular flexibility index (Phi) is 4.08. The molecule has 0 spiro atoms. The molecule has 1 rings (SSSR count). The minimum absolute atomic E-state index is 0.0444. The molecule has 0 saturated carbocycles. The number of carboxylic acids is 1. The van der Waals surface area contributed by atoms with Crippen LogP contribution in [0.25, 0.3) is 0 Å². The highest BCUT2D eigenvalue weighted by molar-refractivity contribution is 5.98. The average Bonchev–Trinajstić information content (AvgIpc) is 3.01. The van der Waals surface area contributed by atoms with Gasteiger partial charge in [0.15, 0.2) is 12.1 Å². The molecule has 0 unspecified atom stereocenters. The van der Waals surface area contributed by atoms with E-state index < -0.39 is 30.1 Å². The third-order valence-electron chi connectivity index (χ3n) is 2.13. The van der Waals surface area contributed by atoms with E-state index in [2.05, 4.69) is 16.1 Å². The van der Waals surface area contributed by atoms with Gasteiger partial charge in [-0.2, -0.15) is 0 Å². The number of ether oxygens (including phenoxy) is 2. The quantitative estimate of drug-likeness (QED) is 0.415. The zero-order valence-corrected chi connectivity index (χ0v) is 9.29. The fourth-order valence-corrected chi connectivity index (χ4v) is 1.39. The summed E-state index contributed by atoms with van der Waals surface area (Å²) < 4.78 is 9.31. The molecule has 1 aliphatic rings. The molecule has 1 aliphatic heterocycles. The highest BCUT2D eigenvalue weighted by Gasteiger charge is 2.62. The van der Waals surface area contributed by atoms with E-state index in [1.54, 1.807) is 6.92 Å². The van der Waals surface area contributed by atoms with Crippen LogP contribution in [0.5, 0.6) is 0 Å². The fraction of sp³-hybridized carbons (Fsp3) is 0.500. The Bertz CT molecular complexity index is 353. The first-order valence-corrected chi connectivity index (χ1v) is 5.00. The Morgan fingerprint density at radius 2 is 2.00 bits per heavy atom. The van der Waals surface area contributed by atoms with Gasteiger partial charge in [-0.1, -0.05) is 12.7 Å². The van der Waals surface area contributed by atoms with E-state index in [4.69, 9.17) is 5.11 Å². The Labute approximate surface area is 97.6 Å². The molecule has 2 atom stereocenters. The SMILES string of the molecule is C=CCOC(=O)N1[C@@H](C(=O)O)[C@@H]1C(=O)OCC. The van der Waals surface area contributed by atoms with E-state index in [-0.39, 0.29) is 13.2 Å². The molecule has 94 valence electrons. The summed E-state index contributed by atoms with van der Waals surface area (Å²) in [5.74, 6) is -2.01. The number of aliphatic carboxylic acids is 1. The van der Waals surface area contributed by atoms with Crippen molar-refractivity contribution in [1.29, 1.82) is 0 Å². The summed E-state index contributed by atoms with van der Waals surface area (Å²) in [6, 6.07) is -2.30. The van der Waals surface area contributed by atoms with Gasteiger partial charge in [0.2, 0.25) is 0 Å². The Morgan fingerprint density at radius 1 is 1.35 bits per heavy atom. The van der Waals surface area contributed by atoms with E-state index in [0.717, 1.165) is 4.90 Å². The first-order chi connectivity index (χ1) is 8.04. The average molecular weight is 243 g/mol. The number of carbonyl (C=O) groups is 3. The summed E-state index contributed by atoms with van der Waals surface area (Å²) >= 11 is 0. The van der Waals surface area contributed by atoms with Crippen molar-refractivity contribution in [2.45, 2.75) is 19.0 Å². The third-order valence-corrected chi connectivity index (χ3v) is 2.13. The number of hydrogen-bond donors (Lipinski definition) is 1. The lowest BCUT2D eigenvalue weighted by Gasteiger charge is -2.03. The number of amides is 1. The molecule has 1 saturated heterocycles. The number of hydrogen-bond acceptors (Lipinski definition) is 5. The Morgan fingerprint density at radius 3 is 2.47 bits per heavy atom. The molecule has 17 heavy (non-hydrogen) atoms. The van der Waals surface area contributed by atoms with Crippen molar-refractivity contribution in [3.8, 4) is 0 Å². The van der Waals surface area contributed by atoms with Crippen LogP contribution >= 0.6 is 0 Å². The van der Waals surface area contributed by atoms with Crippen molar-refractivity contribution in [2.75, 3.05) is 13.2 Å². The number of carbonyl (C=O) groups excluding carboxylic acids is 2. The minimum Gasteiger partial charge on any atom is -0.480 e. The van der Waals surface area contributed by atoms with Gasteiger partial charge in [-0.3, -0.25) is 4.90 Å². The van der Waals surface area contributed by atoms with Crippen molar-refractivity contribution in [1.82, 2.24) is 4.90 Å². The van der Waals surface area contributed by atoms with Crippen molar-refractivity contribution >= 4 is 18.0 Å². The summed E-state index contributed by atoms with van der Waals surface area (Å²) in [6.07, 6.45) is 0.478. The molecular formula is C10H13NO6. The van der Waals surface area contributed by atoms with Crippen LogP contribution in [0.3, 0.4) is 0 Å². The lowest BCUT2D eigenvalue weighted by Crippen LogP contribution is -2.21. The van der Waals surface area contributed by atoms with Gasteiger partial charge in [0, 0.05) is 0 Å². The summed E-state index contributed by atoms with van der Waals surface area (Å²) in [7, 11) is 0. The van der Waals surface area contributed by atoms with Gasteiger partial charge >= 0.3 is 18.0 Å². The normalized spacial score (nSPS) is 21.6. The van der Waals surface area contributed by atoms with Crippen molar-refractivity contribution in [3.05, 3.63) is 12.7 Å². The van der Waals surface area contributed by atoms with Crippen LogP contribution in [0.2, 0.25) is 0 Å². The van der Waals surface area contributed by atoms with Crippen LogP contribution in [0.15, 0.2) is 12.7 Å². The maximum absolute atomic E-state index is 11.4. The molecule has 7 nitrogen and oxygen atoms in total. The van der Waals surface area contributed by atoms with Gasteiger partial charge in [-0.05, 0) is 6.92 Å². The summed E-state index contributed by atoms with van der Waals surface area (Å²) in [5.41, 5.74) is 0. The molecule has 7 heteroatoms. The maximum Gasteiger partial charge on any atom is 0.411 e. The van der Waals surface area contributed by atoms with Crippen LogP contribution in [0.1, 0.15) is 6.92 Å². The van der Waals surface area contributed by atoms with Gasteiger partial charge in [-0.25, -0.2) is 14.4 Å². The molecule has 1 amide bonds. The number of rotatable bonds is 5. The molecule has 0 radical (unpaired) electrons. The van der Waals surface area contributed by atoms with Crippen LogP contribution in [-0.2, 0) is 19.1 Å². The van der Waals surface area contributed by atoms with E-state index in [9.17, 15) is 14.4 Å². The van der Waals surface area contributed by atoms with E-state index in [1.165, 1.54) is 6.08 Å². The van der Waals surface area contributed by atoms with Gasteiger partial charge in [0.25, 0.3) is 0 Å². The summed E-state index contributed by atoms with van der Waals surface area (Å²) in [5, 5.41) is 8.81. The fourth-order valence-electron chi connectivity index (χ4n) is 1.39. The standard InChI is InChI=1S/C10H13NO6/c1-3-5-17-10(15)11-6(8(12)13)7(11)9(14)16-4-2/h3,6-7H,1,4-5H2,2H3,(H,12,13)/t6-,7-,11?/m1/s1. The maximum atomic E-state index is 11.4. The van der Waals surface area contributed by atoms with E-state index in [0.29, 0.717) is 0 Å². The molecule has 1 heterocycles.